The first-order valence-electron chi connectivity index (χ1n) is 5.79. The average Bonchev–Trinajstić information content (AvgIpc) is 2.37. The first-order chi connectivity index (χ1) is 8.99. The Bertz CT molecular complexity index is 488. The molecule has 104 valence electrons. The van der Waals surface area contributed by atoms with Crippen LogP contribution in [0.25, 0.3) is 0 Å². The molecule has 1 aromatic rings. The fourth-order valence-corrected chi connectivity index (χ4v) is 1.60. The normalized spacial score (nSPS) is 13.0. The molecule has 0 fully saturated rings. The Morgan fingerprint density at radius 1 is 1.47 bits per heavy atom. The Hall–Kier alpha value is -2.44. The maximum absolute atomic E-state index is 11.9. The lowest BCUT2D eigenvalue weighted by molar-refractivity contribution is 0.0942. The summed E-state index contributed by atoms with van der Waals surface area (Å²) >= 11 is 0. The lowest BCUT2D eigenvalue weighted by Crippen LogP contribution is -2.44. The van der Waals surface area contributed by atoms with Gasteiger partial charge in [0.1, 0.15) is 11.5 Å². The fourth-order valence-electron chi connectivity index (χ4n) is 1.60. The van der Waals surface area contributed by atoms with Gasteiger partial charge in [-0.15, -0.1) is 0 Å². The van der Waals surface area contributed by atoms with E-state index >= 15 is 0 Å². The second kappa shape index (κ2) is 6.48. The second-order valence-corrected chi connectivity index (χ2v) is 4.04. The van der Waals surface area contributed by atoms with Crippen LogP contribution >= 0.6 is 0 Å². The van der Waals surface area contributed by atoms with Gasteiger partial charge in [0.2, 0.25) is 0 Å². The molecule has 1 rings (SSSR count). The third-order valence-corrected chi connectivity index (χ3v) is 2.58. The van der Waals surface area contributed by atoms with Crippen molar-refractivity contribution >= 4 is 11.7 Å². The number of hydrogen-bond donors (Lipinski definition) is 5. The van der Waals surface area contributed by atoms with Gasteiger partial charge in [0.25, 0.3) is 5.91 Å². The number of amidine groups is 1. The van der Waals surface area contributed by atoms with Crippen LogP contribution in [-0.2, 0) is 0 Å². The van der Waals surface area contributed by atoms with Crippen molar-refractivity contribution in [3.05, 3.63) is 23.8 Å². The van der Waals surface area contributed by atoms with Crippen molar-refractivity contribution in [2.45, 2.75) is 25.8 Å². The molecule has 0 aromatic heterocycles. The number of oxime groups is 1. The summed E-state index contributed by atoms with van der Waals surface area (Å²) in [5.41, 5.74) is 5.48. The molecule has 1 atom stereocenters. The molecular weight excluding hydrogens is 250 g/mol. The molecule has 0 heterocycles. The van der Waals surface area contributed by atoms with Crippen LogP contribution in [0.1, 0.15) is 30.1 Å². The number of hydrogen-bond acceptors (Lipinski definition) is 5. The first-order valence-corrected chi connectivity index (χ1v) is 5.79. The van der Waals surface area contributed by atoms with Crippen molar-refractivity contribution in [3.63, 3.8) is 0 Å². The maximum atomic E-state index is 11.9. The Kier molecular flexibility index (Phi) is 4.99. The molecule has 6 N–H and O–H groups in total. The summed E-state index contributed by atoms with van der Waals surface area (Å²) in [4.78, 5) is 11.9. The van der Waals surface area contributed by atoms with Gasteiger partial charge in [-0.1, -0.05) is 18.5 Å². The van der Waals surface area contributed by atoms with Crippen molar-refractivity contribution in [1.82, 2.24) is 5.32 Å². The van der Waals surface area contributed by atoms with E-state index in [2.05, 4.69) is 10.5 Å². The van der Waals surface area contributed by atoms with Gasteiger partial charge < -0.3 is 26.5 Å². The highest BCUT2D eigenvalue weighted by molar-refractivity contribution is 6.00. The summed E-state index contributed by atoms with van der Waals surface area (Å²) in [5, 5.41) is 32.8. The Balaban J connectivity index is 2.87. The molecule has 7 nitrogen and oxygen atoms in total. The van der Waals surface area contributed by atoms with E-state index in [4.69, 9.17) is 16.0 Å². The first kappa shape index (κ1) is 14.6. The smallest absolute Gasteiger partial charge is 0.255 e. The van der Waals surface area contributed by atoms with Crippen LogP contribution in [0, 0.1) is 0 Å². The number of nitrogens with zero attached hydrogens (tertiary/aromatic N) is 1. The summed E-state index contributed by atoms with van der Waals surface area (Å²) in [6.07, 6.45) is 1.23. The predicted octanol–water partition coefficient (Wildman–Crippen LogP) is 0.743. The van der Waals surface area contributed by atoms with Crippen molar-refractivity contribution < 1.29 is 20.2 Å². The van der Waals surface area contributed by atoms with E-state index in [0.29, 0.717) is 6.42 Å². The minimum atomic E-state index is -0.615. The molecule has 0 radical (unpaired) electrons. The molecule has 0 spiro atoms. The van der Waals surface area contributed by atoms with Crippen LogP contribution in [-0.4, -0.2) is 33.2 Å². The highest BCUT2D eigenvalue weighted by Crippen LogP contribution is 2.22. The number of phenols is 2. The largest absolute Gasteiger partial charge is 0.508 e. The standard InChI is InChI=1S/C12H17N3O4/c1-2-3-9(11(13)15-19)14-12(18)8-5-4-7(16)6-10(8)17/h4-6,9,16-17,19H,2-3H2,1H3,(H2,13,15)(H,14,18). The van der Waals surface area contributed by atoms with Crippen LogP contribution < -0.4 is 11.1 Å². The average molecular weight is 267 g/mol. The molecular formula is C12H17N3O4. The van der Waals surface area contributed by atoms with Crippen molar-refractivity contribution in [1.29, 1.82) is 0 Å². The quantitative estimate of drug-likeness (QED) is 0.233. The molecule has 0 aliphatic carbocycles. The second-order valence-electron chi connectivity index (χ2n) is 4.04. The lowest BCUT2D eigenvalue weighted by atomic mass is 10.1. The van der Waals surface area contributed by atoms with Crippen molar-refractivity contribution in [2.24, 2.45) is 10.9 Å². The number of nitrogens with one attached hydrogen (secondary N) is 1. The maximum Gasteiger partial charge on any atom is 0.255 e. The highest BCUT2D eigenvalue weighted by atomic mass is 16.4. The molecule has 1 unspecified atom stereocenters. The lowest BCUT2D eigenvalue weighted by Gasteiger charge is -2.16. The number of carbonyl (C=O) groups excluding carboxylic acids is 1. The number of nitrogens with two attached hydrogens (primary N) is 1. The zero-order valence-corrected chi connectivity index (χ0v) is 10.5. The van der Waals surface area contributed by atoms with E-state index in [1.54, 1.807) is 0 Å². The summed E-state index contributed by atoms with van der Waals surface area (Å²) < 4.78 is 0. The number of amides is 1. The third-order valence-electron chi connectivity index (χ3n) is 2.58. The van der Waals surface area contributed by atoms with E-state index in [1.807, 2.05) is 6.92 Å². The van der Waals surface area contributed by atoms with E-state index in [0.717, 1.165) is 12.5 Å². The van der Waals surface area contributed by atoms with Gasteiger partial charge in [0, 0.05) is 6.07 Å². The monoisotopic (exact) mass is 267 g/mol. The van der Waals surface area contributed by atoms with Gasteiger partial charge in [-0.3, -0.25) is 4.79 Å². The molecule has 0 saturated carbocycles. The zero-order chi connectivity index (χ0) is 14.4. The Morgan fingerprint density at radius 3 is 2.68 bits per heavy atom. The SMILES string of the molecule is CCCC(NC(=O)c1ccc(O)cc1O)/C(N)=N/O. The number of aromatic hydroxyl groups is 2. The van der Waals surface area contributed by atoms with Crippen LogP contribution in [0.15, 0.2) is 23.4 Å². The van der Waals surface area contributed by atoms with Crippen LogP contribution in [0.2, 0.25) is 0 Å². The van der Waals surface area contributed by atoms with E-state index in [1.165, 1.54) is 12.1 Å². The summed E-state index contributed by atoms with van der Waals surface area (Å²) in [7, 11) is 0. The number of carbonyl (C=O) groups is 1. The zero-order valence-electron chi connectivity index (χ0n) is 10.5. The van der Waals surface area contributed by atoms with Gasteiger partial charge >= 0.3 is 0 Å². The Labute approximate surface area is 110 Å². The van der Waals surface area contributed by atoms with E-state index in [-0.39, 0.29) is 22.9 Å². The molecule has 0 aliphatic heterocycles. The topological polar surface area (TPSA) is 128 Å². The van der Waals surface area contributed by atoms with E-state index < -0.39 is 11.9 Å². The van der Waals surface area contributed by atoms with Gasteiger partial charge in [0.05, 0.1) is 11.6 Å². The van der Waals surface area contributed by atoms with Gasteiger partial charge in [-0.25, -0.2) is 0 Å². The molecule has 1 aromatic carbocycles. The van der Waals surface area contributed by atoms with Crippen LogP contribution in [0.3, 0.4) is 0 Å². The molecule has 1 amide bonds. The third kappa shape index (κ3) is 3.77. The van der Waals surface area contributed by atoms with Crippen LogP contribution in [0.4, 0.5) is 0 Å². The minimum Gasteiger partial charge on any atom is -0.508 e. The van der Waals surface area contributed by atoms with Crippen molar-refractivity contribution in [2.75, 3.05) is 0 Å². The summed E-state index contributed by atoms with van der Waals surface area (Å²) in [6.45, 7) is 1.89. The number of benzene rings is 1. The molecule has 19 heavy (non-hydrogen) atoms. The molecule has 7 heteroatoms. The van der Waals surface area contributed by atoms with E-state index in [9.17, 15) is 9.90 Å². The summed E-state index contributed by atoms with van der Waals surface area (Å²) in [6, 6.07) is 3.02. The van der Waals surface area contributed by atoms with Gasteiger partial charge in [-0.2, -0.15) is 0 Å². The highest BCUT2D eigenvalue weighted by Gasteiger charge is 2.19. The van der Waals surface area contributed by atoms with Gasteiger partial charge in [-0.05, 0) is 18.6 Å². The van der Waals surface area contributed by atoms with Crippen molar-refractivity contribution in [3.8, 4) is 11.5 Å². The predicted molar refractivity (Wildman–Crippen MR) is 69.3 cm³/mol. The fraction of sp³-hybridized carbons (Fsp3) is 0.333. The minimum absolute atomic E-state index is 0.00430. The summed E-state index contributed by atoms with van der Waals surface area (Å²) in [5.74, 6) is -1.15. The number of phenolic OH excluding ortho intramolecular Hbond substituents is 2. The van der Waals surface area contributed by atoms with Gasteiger partial charge in [0.15, 0.2) is 5.84 Å². The molecule has 0 bridgehead atoms. The molecule has 0 saturated heterocycles. The van der Waals surface area contributed by atoms with Crippen LogP contribution in [0.5, 0.6) is 11.5 Å². The Morgan fingerprint density at radius 2 is 2.16 bits per heavy atom. The number of rotatable bonds is 5. The molecule has 0 aliphatic rings.